The molecule has 4 nitrogen and oxygen atoms in total. The fourth-order valence-corrected chi connectivity index (χ4v) is 3.46. The van der Waals surface area contributed by atoms with Gasteiger partial charge in [0.2, 0.25) is 0 Å². The molecular formula is C13H20O4. The highest BCUT2D eigenvalue weighted by Crippen LogP contribution is 2.58. The first-order chi connectivity index (χ1) is 8.31. The van der Waals surface area contributed by atoms with E-state index in [1.165, 1.54) is 6.42 Å². The molecule has 3 fully saturated rings. The van der Waals surface area contributed by atoms with E-state index in [1.54, 1.807) is 0 Å². The second-order valence-corrected chi connectivity index (χ2v) is 5.29. The molecule has 2 saturated carbocycles. The van der Waals surface area contributed by atoms with Gasteiger partial charge >= 0.3 is 5.97 Å². The summed E-state index contributed by atoms with van der Waals surface area (Å²) in [6, 6.07) is 0. The summed E-state index contributed by atoms with van der Waals surface area (Å²) < 4.78 is 16.1. The largest absolute Gasteiger partial charge is 0.465 e. The molecule has 0 N–H and O–H groups in total. The number of esters is 1. The van der Waals surface area contributed by atoms with Crippen LogP contribution >= 0.6 is 0 Å². The quantitative estimate of drug-likeness (QED) is 0.400. The predicted molar refractivity (Wildman–Crippen MR) is 60.4 cm³/mol. The number of fused-ring (bicyclic) bond motifs is 5. The number of hydrogen-bond donors (Lipinski definition) is 0. The van der Waals surface area contributed by atoms with E-state index in [2.05, 4.69) is 0 Å². The highest BCUT2D eigenvalue weighted by Gasteiger charge is 2.64. The Hall–Kier alpha value is -0.610. The van der Waals surface area contributed by atoms with E-state index in [-0.39, 0.29) is 11.9 Å². The lowest BCUT2D eigenvalue weighted by Crippen LogP contribution is -2.27. The molecule has 5 atom stereocenters. The van der Waals surface area contributed by atoms with Crippen LogP contribution in [0.15, 0.2) is 0 Å². The first-order valence-electron chi connectivity index (χ1n) is 6.71. The van der Waals surface area contributed by atoms with Crippen molar-refractivity contribution in [3.8, 4) is 0 Å². The van der Waals surface area contributed by atoms with Crippen molar-refractivity contribution in [2.24, 2.45) is 17.8 Å². The van der Waals surface area contributed by atoms with E-state index in [4.69, 9.17) is 14.2 Å². The molecule has 2 aliphatic carbocycles. The number of ether oxygens (including phenoxy) is 3. The van der Waals surface area contributed by atoms with Gasteiger partial charge < -0.3 is 14.2 Å². The number of carbonyl (C=O) groups is 1. The van der Waals surface area contributed by atoms with Gasteiger partial charge in [0, 0.05) is 25.6 Å². The van der Waals surface area contributed by atoms with Crippen LogP contribution in [0.5, 0.6) is 0 Å². The van der Waals surface area contributed by atoms with Crippen LogP contribution in [0, 0.1) is 17.8 Å². The summed E-state index contributed by atoms with van der Waals surface area (Å²) in [4.78, 5) is 11.9. The van der Waals surface area contributed by atoms with Crippen LogP contribution in [-0.2, 0) is 19.0 Å². The maximum Gasteiger partial charge on any atom is 0.309 e. The Bertz CT molecular complexity index is 304. The molecule has 3 aliphatic rings. The minimum atomic E-state index is -0.0112. The fraction of sp³-hybridized carbons (Fsp3) is 0.923. The van der Waals surface area contributed by atoms with E-state index in [0.717, 1.165) is 19.4 Å². The minimum absolute atomic E-state index is 0.0112. The van der Waals surface area contributed by atoms with Crippen LogP contribution in [0.1, 0.15) is 26.2 Å². The minimum Gasteiger partial charge on any atom is -0.465 e. The smallest absolute Gasteiger partial charge is 0.309 e. The SMILES string of the molecule is CCOCCCOC(=O)C1CC2CC1C1OC21. The van der Waals surface area contributed by atoms with Crippen molar-refractivity contribution in [2.75, 3.05) is 19.8 Å². The van der Waals surface area contributed by atoms with Gasteiger partial charge in [-0.15, -0.1) is 0 Å². The van der Waals surface area contributed by atoms with E-state index in [0.29, 0.717) is 37.3 Å². The van der Waals surface area contributed by atoms with Crippen molar-refractivity contribution >= 4 is 5.97 Å². The van der Waals surface area contributed by atoms with Gasteiger partial charge in [0.1, 0.15) is 0 Å². The molecule has 0 radical (unpaired) electrons. The van der Waals surface area contributed by atoms with Gasteiger partial charge in [-0.25, -0.2) is 0 Å². The summed E-state index contributed by atoms with van der Waals surface area (Å²) in [7, 11) is 0. The standard InChI is InChI=1S/C13H20O4/c1-2-15-4-3-5-16-13(14)10-7-8-6-9(10)12-11(8)17-12/h8-12H,2-7H2,1H3. The van der Waals surface area contributed by atoms with E-state index in [1.807, 2.05) is 6.92 Å². The van der Waals surface area contributed by atoms with E-state index in [9.17, 15) is 4.79 Å². The summed E-state index contributed by atoms with van der Waals surface area (Å²) in [6.45, 7) is 3.85. The highest BCUT2D eigenvalue weighted by molar-refractivity contribution is 5.74. The Balaban J connectivity index is 1.39. The third-order valence-corrected chi connectivity index (χ3v) is 4.28. The molecule has 96 valence electrons. The number of carbonyl (C=O) groups excluding carboxylic acids is 1. The van der Waals surface area contributed by atoms with E-state index >= 15 is 0 Å². The molecule has 5 unspecified atom stereocenters. The predicted octanol–water partition coefficient (Wildman–Crippen LogP) is 1.38. The Morgan fingerprint density at radius 3 is 2.88 bits per heavy atom. The van der Waals surface area contributed by atoms with Crippen LogP contribution in [-0.4, -0.2) is 38.0 Å². The van der Waals surface area contributed by atoms with Crippen LogP contribution < -0.4 is 0 Å². The number of epoxide rings is 1. The summed E-state index contributed by atoms with van der Waals surface area (Å²) in [5.74, 6) is 1.18. The third kappa shape index (κ3) is 2.08. The fourth-order valence-electron chi connectivity index (χ4n) is 3.46. The van der Waals surface area contributed by atoms with Crippen molar-refractivity contribution in [1.29, 1.82) is 0 Å². The Morgan fingerprint density at radius 2 is 2.18 bits per heavy atom. The first-order valence-corrected chi connectivity index (χ1v) is 6.71. The van der Waals surface area contributed by atoms with Crippen molar-refractivity contribution < 1.29 is 19.0 Å². The van der Waals surface area contributed by atoms with Crippen molar-refractivity contribution in [2.45, 2.75) is 38.4 Å². The summed E-state index contributed by atoms with van der Waals surface area (Å²) in [5, 5.41) is 0. The van der Waals surface area contributed by atoms with Gasteiger partial charge in [-0.3, -0.25) is 4.79 Å². The lowest BCUT2D eigenvalue weighted by atomic mass is 9.89. The molecule has 0 spiro atoms. The molecular weight excluding hydrogens is 220 g/mol. The van der Waals surface area contributed by atoms with Crippen molar-refractivity contribution in [3.63, 3.8) is 0 Å². The molecule has 0 aromatic rings. The zero-order chi connectivity index (χ0) is 11.8. The summed E-state index contributed by atoms with van der Waals surface area (Å²) in [6.07, 6.45) is 3.82. The molecule has 0 amide bonds. The molecule has 1 heterocycles. The summed E-state index contributed by atoms with van der Waals surface area (Å²) >= 11 is 0. The molecule has 0 aromatic carbocycles. The number of hydrogen-bond acceptors (Lipinski definition) is 4. The molecule has 1 aliphatic heterocycles. The monoisotopic (exact) mass is 240 g/mol. The van der Waals surface area contributed by atoms with Gasteiger partial charge in [0.05, 0.1) is 24.7 Å². The van der Waals surface area contributed by atoms with Gasteiger partial charge in [-0.2, -0.15) is 0 Å². The molecule has 2 bridgehead atoms. The second-order valence-electron chi connectivity index (χ2n) is 5.29. The van der Waals surface area contributed by atoms with Gasteiger partial charge in [-0.1, -0.05) is 0 Å². The van der Waals surface area contributed by atoms with Crippen LogP contribution in [0.2, 0.25) is 0 Å². The lowest BCUT2D eigenvalue weighted by Gasteiger charge is -2.17. The van der Waals surface area contributed by atoms with Crippen LogP contribution in [0.4, 0.5) is 0 Å². The normalized spacial score (nSPS) is 41.4. The molecule has 1 saturated heterocycles. The van der Waals surface area contributed by atoms with Crippen molar-refractivity contribution in [1.82, 2.24) is 0 Å². The average Bonchev–Trinajstić information content (AvgIpc) is 2.94. The molecule has 0 aromatic heterocycles. The van der Waals surface area contributed by atoms with Crippen LogP contribution in [0.3, 0.4) is 0 Å². The van der Waals surface area contributed by atoms with Gasteiger partial charge in [-0.05, 0) is 25.7 Å². The Kier molecular flexibility index (Phi) is 3.09. The van der Waals surface area contributed by atoms with Gasteiger partial charge in [0.25, 0.3) is 0 Å². The Labute approximate surface area is 102 Å². The average molecular weight is 240 g/mol. The maximum atomic E-state index is 11.9. The molecule has 4 heteroatoms. The first kappa shape index (κ1) is 11.5. The zero-order valence-electron chi connectivity index (χ0n) is 10.3. The van der Waals surface area contributed by atoms with Gasteiger partial charge in [0.15, 0.2) is 0 Å². The summed E-state index contributed by atoms with van der Waals surface area (Å²) in [5.41, 5.74) is 0. The number of rotatable bonds is 6. The topological polar surface area (TPSA) is 48.1 Å². The third-order valence-electron chi connectivity index (χ3n) is 4.28. The van der Waals surface area contributed by atoms with Crippen molar-refractivity contribution in [3.05, 3.63) is 0 Å². The van der Waals surface area contributed by atoms with Crippen LogP contribution in [0.25, 0.3) is 0 Å². The molecule has 17 heavy (non-hydrogen) atoms. The second kappa shape index (κ2) is 4.58. The zero-order valence-corrected chi connectivity index (χ0v) is 10.3. The van der Waals surface area contributed by atoms with E-state index < -0.39 is 0 Å². The lowest BCUT2D eigenvalue weighted by molar-refractivity contribution is -0.150. The Morgan fingerprint density at radius 1 is 1.29 bits per heavy atom. The highest BCUT2D eigenvalue weighted by atomic mass is 16.6. The maximum absolute atomic E-state index is 11.9. The molecule has 3 rings (SSSR count).